The van der Waals surface area contributed by atoms with Gasteiger partial charge in [-0.15, -0.1) is 0 Å². The number of aliphatic hydroxyl groups excluding tert-OH is 2. The molecule has 0 saturated heterocycles. The molecule has 1 aliphatic heterocycles. The van der Waals surface area contributed by atoms with Gasteiger partial charge in [-0.2, -0.15) is 0 Å². The Hall–Kier alpha value is -1.46. The lowest BCUT2D eigenvalue weighted by atomic mass is 10.3. The van der Waals surface area contributed by atoms with E-state index < -0.39 is 6.10 Å². The van der Waals surface area contributed by atoms with Crippen LogP contribution in [0.2, 0.25) is 0 Å². The fourth-order valence-electron chi connectivity index (χ4n) is 1.21. The molecule has 0 bridgehead atoms. The zero-order valence-electron chi connectivity index (χ0n) is 8.05. The van der Waals surface area contributed by atoms with Crippen LogP contribution in [0.3, 0.4) is 0 Å². The third kappa shape index (κ3) is 2.31. The summed E-state index contributed by atoms with van der Waals surface area (Å²) in [5.74, 6) is 1.89. The minimum absolute atomic E-state index is 0.0517. The van der Waals surface area contributed by atoms with Crippen LogP contribution in [-0.4, -0.2) is 36.3 Å². The van der Waals surface area contributed by atoms with E-state index in [2.05, 4.69) is 0 Å². The summed E-state index contributed by atoms with van der Waals surface area (Å²) < 4.78 is 15.5. The Morgan fingerprint density at radius 2 is 2.13 bits per heavy atom. The van der Waals surface area contributed by atoms with Crippen LogP contribution in [0.1, 0.15) is 0 Å². The molecule has 0 spiro atoms. The fraction of sp³-hybridized carbons (Fsp3) is 0.400. The summed E-state index contributed by atoms with van der Waals surface area (Å²) >= 11 is 0. The Labute approximate surface area is 86.8 Å². The second kappa shape index (κ2) is 4.37. The van der Waals surface area contributed by atoms with E-state index in [1.807, 2.05) is 0 Å². The largest absolute Gasteiger partial charge is 0.491 e. The van der Waals surface area contributed by atoms with Gasteiger partial charge < -0.3 is 24.4 Å². The van der Waals surface area contributed by atoms with Crippen molar-refractivity contribution in [3.63, 3.8) is 0 Å². The van der Waals surface area contributed by atoms with E-state index in [1.54, 1.807) is 18.2 Å². The molecule has 1 atom stereocenters. The topological polar surface area (TPSA) is 68.2 Å². The quantitative estimate of drug-likeness (QED) is 0.743. The highest BCUT2D eigenvalue weighted by Crippen LogP contribution is 2.34. The van der Waals surface area contributed by atoms with Gasteiger partial charge >= 0.3 is 0 Å². The SMILES string of the molecule is OCC(O)COc1ccc2c(c1)OCO2. The molecule has 0 saturated carbocycles. The highest BCUT2D eigenvalue weighted by Gasteiger charge is 2.14. The standard InChI is InChI=1S/C10H12O5/c11-4-7(12)5-13-8-1-2-9-10(3-8)15-6-14-9/h1-3,7,11-12H,4-6H2. The number of ether oxygens (including phenoxy) is 3. The van der Waals surface area contributed by atoms with E-state index in [0.717, 1.165) is 0 Å². The van der Waals surface area contributed by atoms with E-state index in [4.69, 9.17) is 24.4 Å². The minimum atomic E-state index is -0.865. The van der Waals surface area contributed by atoms with Crippen molar-refractivity contribution in [3.8, 4) is 17.2 Å². The molecule has 1 heterocycles. The van der Waals surface area contributed by atoms with Crippen LogP contribution in [0.4, 0.5) is 0 Å². The lowest BCUT2D eigenvalue weighted by molar-refractivity contribution is 0.0535. The van der Waals surface area contributed by atoms with E-state index in [9.17, 15) is 0 Å². The Balaban J connectivity index is 1.98. The maximum absolute atomic E-state index is 9.08. The summed E-state index contributed by atoms with van der Waals surface area (Å²) in [6, 6.07) is 5.15. The van der Waals surface area contributed by atoms with Gasteiger partial charge in [-0.3, -0.25) is 0 Å². The van der Waals surface area contributed by atoms with Crippen LogP contribution in [0.5, 0.6) is 17.2 Å². The van der Waals surface area contributed by atoms with Gasteiger partial charge in [0.25, 0.3) is 0 Å². The molecule has 5 heteroatoms. The minimum Gasteiger partial charge on any atom is -0.491 e. The maximum atomic E-state index is 9.08. The molecule has 0 fully saturated rings. The molecule has 82 valence electrons. The Bertz CT molecular complexity index is 339. The molecule has 0 radical (unpaired) electrons. The zero-order valence-corrected chi connectivity index (χ0v) is 8.05. The van der Waals surface area contributed by atoms with Crippen molar-refractivity contribution in [3.05, 3.63) is 18.2 Å². The summed E-state index contributed by atoms with van der Waals surface area (Å²) in [6.45, 7) is -0.0429. The first kappa shape index (κ1) is 10.1. The third-order valence-corrected chi connectivity index (χ3v) is 2.00. The summed E-state index contributed by atoms with van der Waals surface area (Å²) in [4.78, 5) is 0. The predicted octanol–water partition coefficient (Wildman–Crippen LogP) is 0.147. The lowest BCUT2D eigenvalue weighted by Crippen LogP contribution is -2.21. The second-order valence-electron chi connectivity index (χ2n) is 3.16. The lowest BCUT2D eigenvalue weighted by Gasteiger charge is -2.09. The number of aliphatic hydroxyl groups is 2. The van der Waals surface area contributed by atoms with Gasteiger partial charge in [0, 0.05) is 6.07 Å². The first-order valence-corrected chi connectivity index (χ1v) is 4.61. The van der Waals surface area contributed by atoms with Gasteiger partial charge in [-0.1, -0.05) is 0 Å². The van der Waals surface area contributed by atoms with Crippen molar-refractivity contribution in [1.29, 1.82) is 0 Å². The number of fused-ring (bicyclic) bond motifs is 1. The molecule has 0 aromatic heterocycles. The van der Waals surface area contributed by atoms with E-state index >= 15 is 0 Å². The first-order valence-electron chi connectivity index (χ1n) is 4.61. The van der Waals surface area contributed by atoms with E-state index in [0.29, 0.717) is 17.2 Å². The molecule has 5 nitrogen and oxygen atoms in total. The van der Waals surface area contributed by atoms with Crippen LogP contribution >= 0.6 is 0 Å². The Kier molecular flexibility index (Phi) is 2.94. The first-order chi connectivity index (χ1) is 7.29. The van der Waals surface area contributed by atoms with Gasteiger partial charge in [-0.05, 0) is 12.1 Å². The van der Waals surface area contributed by atoms with Crippen molar-refractivity contribution in [1.82, 2.24) is 0 Å². The number of benzene rings is 1. The number of hydrogen-bond donors (Lipinski definition) is 2. The number of rotatable bonds is 4. The van der Waals surface area contributed by atoms with Gasteiger partial charge in [0.1, 0.15) is 18.5 Å². The summed E-state index contributed by atoms with van der Waals surface area (Å²) in [5.41, 5.74) is 0. The van der Waals surface area contributed by atoms with Crippen molar-refractivity contribution in [2.45, 2.75) is 6.10 Å². The molecular weight excluding hydrogens is 200 g/mol. The molecule has 2 N–H and O–H groups in total. The van der Waals surface area contributed by atoms with Crippen LogP contribution in [0, 0.1) is 0 Å². The normalized spacial score (nSPS) is 15.1. The van der Waals surface area contributed by atoms with Crippen LogP contribution in [-0.2, 0) is 0 Å². The van der Waals surface area contributed by atoms with Crippen LogP contribution in [0.15, 0.2) is 18.2 Å². The average molecular weight is 212 g/mol. The molecule has 0 amide bonds. The highest BCUT2D eigenvalue weighted by molar-refractivity contribution is 5.46. The molecule has 0 aliphatic carbocycles. The molecule has 1 aromatic rings. The Morgan fingerprint density at radius 3 is 2.93 bits per heavy atom. The molecule has 1 unspecified atom stereocenters. The molecule has 15 heavy (non-hydrogen) atoms. The van der Waals surface area contributed by atoms with Crippen molar-refractivity contribution < 1.29 is 24.4 Å². The smallest absolute Gasteiger partial charge is 0.231 e. The van der Waals surface area contributed by atoms with Gasteiger partial charge in [0.15, 0.2) is 11.5 Å². The molecule has 2 rings (SSSR count). The van der Waals surface area contributed by atoms with Crippen molar-refractivity contribution >= 4 is 0 Å². The fourth-order valence-corrected chi connectivity index (χ4v) is 1.21. The summed E-state index contributed by atoms with van der Waals surface area (Å²) in [7, 11) is 0. The molecule has 1 aliphatic rings. The van der Waals surface area contributed by atoms with Gasteiger partial charge in [-0.25, -0.2) is 0 Å². The summed E-state index contributed by atoms with van der Waals surface area (Å²) in [5, 5.41) is 17.7. The second-order valence-corrected chi connectivity index (χ2v) is 3.16. The number of hydrogen-bond acceptors (Lipinski definition) is 5. The maximum Gasteiger partial charge on any atom is 0.231 e. The molecule has 1 aromatic carbocycles. The van der Waals surface area contributed by atoms with Gasteiger partial charge in [0.2, 0.25) is 6.79 Å². The van der Waals surface area contributed by atoms with Crippen molar-refractivity contribution in [2.75, 3.05) is 20.0 Å². The average Bonchev–Trinajstić information content (AvgIpc) is 2.72. The summed E-state index contributed by atoms with van der Waals surface area (Å²) in [6.07, 6.45) is -0.865. The van der Waals surface area contributed by atoms with Crippen molar-refractivity contribution in [2.24, 2.45) is 0 Å². The Morgan fingerprint density at radius 1 is 1.33 bits per heavy atom. The highest BCUT2D eigenvalue weighted by atomic mass is 16.7. The molecular formula is C10H12O5. The van der Waals surface area contributed by atoms with Crippen LogP contribution < -0.4 is 14.2 Å². The van der Waals surface area contributed by atoms with Crippen LogP contribution in [0.25, 0.3) is 0 Å². The predicted molar refractivity (Wildman–Crippen MR) is 51.2 cm³/mol. The van der Waals surface area contributed by atoms with E-state index in [1.165, 1.54) is 0 Å². The van der Waals surface area contributed by atoms with E-state index in [-0.39, 0.29) is 20.0 Å². The van der Waals surface area contributed by atoms with Gasteiger partial charge in [0.05, 0.1) is 6.61 Å². The zero-order chi connectivity index (χ0) is 10.7. The third-order valence-electron chi connectivity index (χ3n) is 2.00. The monoisotopic (exact) mass is 212 g/mol.